The van der Waals surface area contributed by atoms with Gasteiger partial charge in [-0.1, -0.05) is 0 Å². The van der Waals surface area contributed by atoms with E-state index in [1.807, 2.05) is 18.3 Å². The lowest BCUT2D eigenvalue weighted by atomic mass is 10.1. The van der Waals surface area contributed by atoms with Gasteiger partial charge in [0.05, 0.1) is 23.9 Å². The highest BCUT2D eigenvalue weighted by atomic mass is 32.1. The van der Waals surface area contributed by atoms with E-state index in [4.69, 9.17) is 14.1 Å². The van der Waals surface area contributed by atoms with E-state index >= 15 is 0 Å². The molecule has 1 aliphatic rings. The molecule has 0 spiro atoms. The van der Waals surface area contributed by atoms with E-state index in [0.29, 0.717) is 6.54 Å². The molecule has 0 amide bonds. The Bertz CT molecular complexity index is 693. The second-order valence-corrected chi connectivity index (χ2v) is 8.26. The molecule has 2 aromatic heterocycles. The van der Waals surface area contributed by atoms with Gasteiger partial charge in [0.25, 0.3) is 0 Å². The summed E-state index contributed by atoms with van der Waals surface area (Å²) in [6.45, 7) is 5.34. The number of likely N-dealkylation sites (N-methyl/N-ethyl adjacent to an activating group) is 1. The average Bonchev–Trinajstić information content (AvgIpc) is 3.35. The van der Waals surface area contributed by atoms with Gasteiger partial charge >= 0.3 is 0 Å². The lowest BCUT2D eigenvalue weighted by molar-refractivity contribution is 0.0223. The number of thiazole rings is 1. The van der Waals surface area contributed by atoms with Crippen LogP contribution in [0, 0.1) is 6.92 Å². The van der Waals surface area contributed by atoms with Crippen molar-refractivity contribution in [1.82, 2.24) is 15.2 Å². The van der Waals surface area contributed by atoms with Crippen molar-refractivity contribution in [2.45, 2.75) is 45.1 Å². The zero-order chi connectivity index (χ0) is 18.9. The highest BCUT2D eigenvalue weighted by Gasteiger charge is 2.15. The van der Waals surface area contributed by atoms with Crippen LogP contribution in [0.15, 0.2) is 34.0 Å². The summed E-state index contributed by atoms with van der Waals surface area (Å²) in [6, 6.07) is 3.93. The minimum Gasteiger partial charge on any atom is -0.469 e. The molecule has 0 aromatic carbocycles. The topological polar surface area (TPSA) is 62.9 Å². The van der Waals surface area contributed by atoms with Crippen molar-refractivity contribution in [3.8, 4) is 0 Å². The van der Waals surface area contributed by atoms with Crippen molar-refractivity contribution < 1.29 is 9.15 Å². The highest BCUT2D eigenvalue weighted by molar-refractivity contribution is 7.11. The highest BCUT2D eigenvalue weighted by Crippen LogP contribution is 2.14. The number of ether oxygens (including phenoxy) is 1. The maximum atomic E-state index is 5.83. The summed E-state index contributed by atoms with van der Waals surface area (Å²) in [4.78, 5) is 12.7. The summed E-state index contributed by atoms with van der Waals surface area (Å²) in [5.74, 6) is 1.90. The number of rotatable bonds is 8. The molecule has 1 saturated heterocycles. The first kappa shape index (κ1) is 19.9. The molecular weight excluding hydrogens is 360 g/mol. The molecule has 0 saturated carbocycles. The molecule has 0 bridgehead atoms. The number of aliphatic imine (C=N–C) groups is 1. The quantitative estimate of drug-likeness (QED) is 0.554. The van der Waals surface area contributed by atoms with Gasteiger partial charge in [-0.2, -0.15) is 0 Å². The standard InChI is InChI=1S/C20H30N4O2S/c1-16-14-22-19(27-16)9-11-24(2)20(21-10-8-17-7-5-13-25-17)23-15-18-6-3-4-12-26-18/h5,7,13-14,18H,3-4,6,8-12,15H2,1-2H3,(H,21,23). The third kappa shape index (κ3) is 6.66. The second kappa shape index (κ2) is 10.5. The molecule has 1 unspecified atom stereocenters. The minimum absolute atomic E-state index is 0.246. The van der Waals surface area contributed by atoms with Gasteiger partial charge in [0, 0.05) is 50.7 Å². The van der Waals surface area contributed by atoms with Gasteiger partial charge in [0.2, 0.25) is 0 Å². The Morgan fingerprint density at radius 3 is 3.04 bits per heavy atom. The Labute approximate surface area is 165 Å². The van der Waals surface area contributed by atoms with Gasteiger partial charge in [0.15, 0.2) is 5.96 Å². The fraction of sp³-hybridized carbons (Fsp3) is 0.600. The first-order valence-corrected chi connectivity index (χ1v) is 10.6. The molecule has 2 aromatic rings. The van der Waals surface area contributed by atoms with E-state index < -0.39 is 0 Å². The number of hydrogen-bond donors (Lipinski definition) is 1. The Balaban J connectivity index is 1.54. The third-order valence-corrected chi connectivity index (χ3v) is 5.62. The zero-order valence-corrected chi connectivity index (χ0v) is 17.1. The van der Waals surface area contributed by atoms with Crippen LogP contribution in [-0.4, -0.2) is 55.2 Å². The van der Waals surface area contributed by atoms with Gasteiger partial charge in [-0.25, -0.2) is 4.98 Å². The van der Waals surface area contributed by atoms with Crippen LogP contribution in [-0.2, 0) is 17.6 Å². The van der Waals surface area contributed by atoms with Crippen molar-refractivity contribution in [2.75, 3.05) is 33.3 Å². The lowest BCUT2D eigenvalue weighted by Crippen LogP contribution is -2.41. The monoisotopic (exact) mass is 390 g/mol. The fourth-order valence-corrected chi connectivity index (χ4v) is 3.87. The zero-order valence-electron chi connectivity index (χ0n) is 16.3. The lowest BCUT2D eigenvalue weighted by Gasteiger charge is -2.25. The number of aromatic nitrogens is 1. The van der Waals surface area contributed by atoms with E-state index in [-0.39, 0.29) is 6.10 Å². The number of aryl methyl sites for hydroxylation is 1. The van der Waals surface area contributed by atoms with E-state index in [9.17, 15) is 0 Å². The molecule has 1 aliphatic heterocycles. The molecule has 1 atom stereocenters. The van der Waals surface area contributed by atoms with Gasteiger partial charge < -0.3 is 19.4 Å². The maximum Gasteiger partial charge on any atom is 0.193 e. The van der Waals surface area contributed by atoms with Crippen molar-refractivity contribution in [3.63, 3.8) is 0 Å². The average molecular weight is 391 g/mol. The summed E-state index contributed by atoms with van der Waals surface area (Å²) in [6.07, 6.45) is 9.17. The Morgan fingerprint density at radius 2 is 2.33 bits per heavy atom. The van der Waals surface area contributed by atoms with Crippen LogP contribution in [0.5, 0.6) is 0 Å². The smallest absolute Gasteiger partial charge is 0.193 e. The van der Waals surface area contributed by atoms with Crippen LogP contribution >= 0.6 is 11.3 Å². The van der Waals surface area contributed by atoms with Crippen molar-refractivity contribution in [3.05, 3.63) is 40.2 Å². The van der Waals surface area contributed by atoms with E-state index in [1.54, 1.807) is 17.6 Å². The van der Waals surface area contributed by atoms with Gasteiger partial charge in [-0.3, -0.25) is 4.99 Å². The molecule has 3 heterocycles. The Morgan fingerprint density at radius 1 is 1.41 bits per heavy atom. The molecule has 3 rings (SSSR count). The predicted molar refractivity (Wildman–Crippen MR) is 109 cm³/mol. The van der Waals surface area contributed by atoms with E-state index in [2.05, 4.69) is 29.2 Å². The Kier molecular flexibility index (Phi) is 7.71. The fourth-order valence-electron chi connectivity index (χ4n) is 3.09. The van der Waals surface area contributed by atoms with Crippen LogP contribution in [0.3, 0.4) is 0 Å². The third-order valence-electron chi connectivity index (χ3n) is 4.65. The molecule has 27 heavy (non-hydrogen) atoms. The number of hydrogen-bond acceptors (Lipinski definition) is 5. The van der Waals surface area contributed by atoms with Crippen molar-refractivity contribution >= 4 is 17.3 Å². The summed E-state index contributed by atoms with van der Waals surface area (Å²) >= 11 is 1.76. The molecule has 148 valence electrons. The molecule has 1 N–H and O–H groups in total. The van der Waals surface area contributed by atoms with E-state index in [1.165, 1.54) is 22.7 Å². The molecular formula is C20H30N4O2S. The van der Waals surface area contributed by atoms with E-state index in [0.717, 1.165) is 50.7 Å². The number of furan rings is 1. The molecule has 7 heteroatoms. The van der Waals surface area contributed by atoms with Crippen molar-refractivity contribution in [2.24, 2.45) is 4.99 Å². The maximum absolute atomic E-state index is 5.83. The summed E-state index contributed by atoms with van der Waals surface area (Å²) in [5.41, 5.74) is 0. The van der Waals surface area contributed by atoms with Gasteiger partial charge in [-0.05, 0) is 38.3 Å². The SMILES string of the molecule is Cc1cnc(CCN(C)C(=NCC2CCCCO2)NCCc2ccco2)s1. The minimum atomic E-state index is 0.246. The normalized spacial score (nSPS) is 17.9. The first-order valence-electron chi connectivity index (χ1n) is 9.75. The molecule has 1 fully saturated rings. The van der Waals surface area contributed by atoms with Crippen LogP contribution in [0.25, 0.3) is 0 Å². The van der Waals surface area contributed by atoms with Crippen LogP contribution in [0.4, 0.5) is 0 Å². The molecule has 0 radical (unpaired) electrons. The number of guanidine groups is 1. The number of nitrogens with one attached hydrogen (secondary N) is 1. The second-order valence-electron chi connectivity index (χ2n) is 6.95. The Hall–Kier alpha value is -1.86. The molecule has 6 nitrogen and oxygen atoms in total. The van der Waals surface area contributed by atoms with Crippen LogP contribution in [0.2, 0.25) is 0 Å². The van der Waals surface area contributed by atoms with Gasteiger partial charge in [0.1, 0.15) is 5.76 Å². The van der Waals surface area contributed by atoms with Crippen LogP contribution < -0.4 is 5.32 Å². The summed E-state index contributed by atoms with van der Waals surface area (Å²) in [5, 5.41) is 4.65. The largest absolute Gasteiger partial charge is 0.469 e. The summed E-state index contributed by atoms with van der Waals surface area (Å²) < 4.78 is 11.2. The molecule has 0 aliphatic carbocycles. The van der Waals surface area contributed by atoms with Gasteiger partial charge in [-0.15, -0.1) is 11.3 Å². The summed E-state index contributed by atoms with van der Waals surface area (Å²) in [7, 11) is 2.08. The van der Waals surface area contributed by atoms with Crippen LogP contribution in [0.1, 0.15) is 34.9 Å². The predicted octanol–water partition coefficient (Wildman–Crippen LogP) is 3.28. The first-order chi connectivity index (χ1) is 13.2. The van der Waals surface area contributed by atoms with Crippen molar-refractivity contribution in [1.29, 1.82) is 0 Å². The number of nitrogens with zero attached hydrogens (tertiary/aromatic N) is 3.